The molecule has 1 amide bonds. The van der Waals surface area contributed by atoms with E-state index in [2.05, 4.69) is 4.72 Å². The minimum Gasteiger partial charge on any atom is -0.340 e. The molecule has 1 rings (SSSR count). The van der Waals surface area contributed by atoms with Gasteiger partial charge in [-0.15, -0.1) is 11.6 Å². The molecule has 1 unspecified atom stereocenters. The highest BCUT2D eigenvalue weighted by atomic mass is 35.5. The van der Waals surface area contributed by atoms with Gasteiger partial charge in [0.1, 0.15) is 5.88 Å². The normalized spacial score (nSPS) is 22.8. The minimum absolute atomic E-state index is 0.0500. The molecule has 0 aromatic carbocycles. The molecule has 7 heteroatoms. The Morgan fingerprint density at radius 1 is 1.60 bits per heavy atom. The van der Waals surface area contributed by atoms with Crippen LogP contribution in [0, 0.1) is 0 Å². The van der Waals surface area contributed by atoms with Crippen molar-refractivity contribution in [3.05, 3.63) is 0 Å². The van der Waals surface area contributed by atoms with E-state index in [9.17, 15) is 13.2 Å². The predicted molar refractivity (Wildman–Crippen MR) is 58.3 cm³/mol. The summed E-state index contributed by atoms with van der Waals surface area (Å²) in [6.45, 7) is 1.08. The van der Waals surface area contributed by atoms with Crippen molar-refractivity contribution in [1.29, 1.82) is 0 Å². The van der Waals surface area contributed by atoms with Crippen LogP contribution in [-0.2, 0) is 14.8 Å². The summed E-state index contributed by atoms with van der Waals surface area (Å²) >= 11 is 5.44. The third-order valence-corrected chi connectivity index (χ3v) is 3.26. The zero-order valence-corrected chi connectivity index (χ0v) is 10.1. The van der Waals surface area contributed by atoms with E-state index in [1.165, 1.54) is 0 Å². The molecule has 0 saturated carbocycles. The fourth-order valence-corrected chi connectivity index (χ4v) is 2.65. The summed E-state index contributed by atoms with van der Waals surface area (Å²) < 4.78 is 24.5. The number of nitrogens with zero attached hydrogens (tertiary/aromatic N) is 1. The van der Waals surface area contributed by atoms with Gasteiger partial charge in [-0.2, -0.15) is 0 Å². The van der Waals surface area contributed by atoms with Gasteiger partial charge in [-0.1, -0.05) is 0 Å². The molecule has 1 aliphatic rings. The number of sulfonamides is 1. The summed E-state index contributed by atoms with van der Waals surface area (Å²) in [4.78, 5) is 12.9. The molecule has 0 aromatic rings. The maximum atomic E-state index is 11.3. The highest BCUT2D eigenvalue weighted by Gasteiger charge is 2.24. The fourth-order valence-electron chi connectivity index (χ4n) is 1.69. The average molecular weight is 255 g/mol. The highest BCUT2D eigenvalue weighted by Crippen LogP contribution is 2.11. The van der Waals surface area contributed by atoms with Gasteiger partial charge in [0.05, 0.1) is 6.26 Å². The van der Waals surface area contributed by atoms with E-state index in [1.54, 1.807) is 4.90 Å². The van der Waals surface area contributed by atoms with E-state index in [0.717, 1.165) is 19.1 Å². The second kappa shape index (κ2) is 5.14. The number of halogens is 1. The first kappa shape index (κ1) is 12.7. The van der Waals surface area contributed by atoms with Crippen molar-refractivity contribution >= 4 is 27.5 Å². The maximum Gasteiger partial charge on any atom is 0.237 e. The topological polar surface area (TPSA) is 66.5 Å². The Morgan fingerprint density at radius 3 is 2.80 bits per heavy atom. The van der Waals surface area contributed by atoms with E-state index >= 15 is 0 Å². The molecular weight excluding hydrogens is 240 g/mol. The van der Waals surface area contributed by atoms with Crippen LogP contribution in [0.2, 0.25) is 0 Å². The molecule has 1 N–H and O–H groups in total. The SMILES string of the molecule is CS(=O)(=O)NC1CCCN(C(=O)CCl)C1. The summed E-state index contributed by atoms with van der Waals surface area (Å²) in [5.74, 6) is -0.192. The van der Waals surface area contributed by atoms with E-state index in [0.29, 0.717) is 13.1 Å². The Balaban J connectivity index is 2.53. The van der Waals surface area contributed by atoms with Crippen molar-refractivity contribution in [2.24, 2.45) is 0 Å². The number of carbonyl (C=O) groups excluding carboxylic acids is 1. The Labute approximate surface area is 94.8 Å². The largest absolute Gasteiger partial charge is 0.340 e. The van der Waals surface area contributed by atoms with Crippen molar-refractivity contribution in [2.45, 2.75) is 18.9 Å². The molecule has 1 fully saturated rings. The van der Waals surface area contributed by atoms with Gasteiger partial charge in [-0.25, -0.2) is 13.1 Å². The third kappa shape index (κ3) is 4.36. The number of hydrogen-bond acceptors (Lipinski definition) is 3. The van der Waals surface area contributed by atoms with Gasteiger partial charge in [0.25, 0.3) is 0 Å². The second-order valence-corrected chi connectivity index (χ2v) is 5.75. The molecule has 5 nitrogen and oxygen atoms in total. The lowest BCUT2D eigenvalue weighted by Crippen LogP contribution is -2.49. The van der Waals surface area contributed by atoms with Gasteiger partial charge in [-0.3, -0.25) is 4.79 Å². The number of piperidine rings is 1. The zero-order chi connectivity index (χ0) is 11.5. The quantitative estimate of drug-likeness (QED) is 0.708. The van der Waals surface area contributed by atoms with Crippen molar-refractivity contribution in [3.8, 4) is 0 Å². The number of rotatable bonds is 3. The number of alkyl halides is 1. The van der Waals surface area contributed by atoms with Crippen LogP contribution in [0.25, 0.3) is 0 Å². The molecular formula is C8H15ClN2O3S. The Bertz CT molecular complexity index is 331. The molecule has 0 radical (unpaired) electrons. The summed E-state index contributed by atoms with van der Waals surface area (Å²) in [5, 5.41) is 0. The summed E-state index contributed by atoms with van der Waals surface area (Å²) in [6, 6.07) is -0.180. The van der Waals surface area contributed by atoms with Crippen LogP contribution in [0.5, 0.6) is 0 Å². The van der Waals surface area contributed by atoms with E-state index in [-0.39, 0.29) is 17.8 Å². The van der Waals surface area contributed by atoms with Crippen molar-refractivity contribution < 1.29 is 13.2 Å². The average Bonchev–Trinajstić information content (AvgIpc) is 2.14. The highest BCUT2D eigenvalue weighted by molar-refractivity contribution is 7.88. The van der Waals surface area contributed by atoms with E-state index in [4.69, 9.17) is 11.6 Å². The molecule has 0 bridgehead atoms. The fraction of sp³-hybridized carbons (Fsp3) is 0.875. The first-order valence-corrected chi connectivity index (χ1v) is 7.16. The number of carbonyl (C=O) groups is 1. The molecule has 0 aromatic heterocycles. The van der Waals surface area contributed by atoms with Crippen LogP contribution < -0.4 is 4.72 Å². The zero-order valence-electron chi connectivity index (χ0n) is 8.57. The van der Waals surface area contributed by atoms with Crippen LogP contribution in [0.1, 0.15) is 12.8 Å². The van der Waals surface area contributed by atoms with Crippen molar-refractivity contribution in [3.63, 3.8) is 0 Å². The maximum absolute atomic E-state index is 11.3. The molecule has 1 aliphatic heterocycles. The Morgan fingerprint density at radius 2 is 2.27 bits per heavy atom. The number of nitrogens with one attached hydrogen (secondary N) is 1. The Kier molecular flexibility index (Phi) is 4.36. The van der Waals surface area contributed by atoms with Gasteiger partial charge in [0.15, 0.2) is 0 Å². The van der Waals surface area contributed by atoms with Crippen LogP contribution in [0.3, 0.4) is 0 Å². The molecule has 1 saturated heterocycles. The standard InChI is InChI=1S/C8H15ClN2O3S/c1-15(13,14)10-7-3-2-4-11(6-7)8(12)5-9/h7,10H,2-6H2,1H3. The molecule has 1 atom stereocenters. The monoisotopic (exact) mass is 254 g/mol. The number of likely N-dealkylation sites (tertiary alicyclic amines) is 1. The van der Waals surface area contributed by atoms with Gasteiger partial charge in [0.2, 0.25) is 15.9 Å². The second-order valence-electron chi connectivity index (χ2n) is 3.70. The van der Waals surface area contributed by atoms with Gasteiger partial charge >= 0.3 is 0 Å². The van der Waals surface area contributed by atoms with E-state index in [1.807, 2.05) is 0 Å². The van der Waals surface area contributed by atoms with Crippen LogP contribution >= 0.6 is 11.6 Å². The summed E-state index contributed by atoms with van der Waals surface area (Å²) in [5.41, 5.74) is 0. The smallest absolute Gasteiger partial charge is 0.237 e. The van der Waals surface area contributed by atoms with Crippen LogP contribution in [0.4, 0.5) is 0 Å². The lowest BCUT2D eigenvalue weighted by molar-refractivity contribution is -0.129. The number of hydrogen-bond donors (Lipinski definition) is 1. The molecule has 0 aliphatic carbocycles. The van der Waals surface area contributed by atoms with E-state index < -0.39 is 10.0 Å². The van der Waals surface area contributed by atoms with Crippen molar-refractivity contribution in [1.82, 2.24) is 9.62 Å². The summed E-state index contributed by atoms with van der Waals surface area (Å²) in [6.07, 6.45) is 2.68. The third-order valence-electron chi connectivity index (χ3n) is 2.27. The van der Waals surface area contributed by atoms with Gasteiger partial charge in [0, 0.05) is 19.1 Å². The molecule has 15 heavy (non-hydrogen) atoms. The lowest BCUT2D eigenvalue weighted by Gasteiger charge is -2.32. The summed E-state index contributed by atoms with van der Waals surface area (Å²) in [7, 11) is -3.20. The molecule has 88 valence electrons. The number of amides is 1. The molecule has 1 heterocycles. The molecule has 0 spiro atoms. The van der Waals surface area contributed by atoms with Gasteiger partial charge in [-0.05, 0) is 12.8 Å². The van der Waals surface area contributed by atoms with Crippen LogP contribution in [-0.4, -0.2) is 50.5 Å². The van der Waals surface area contributed by atoms with Crippen LogP contribution in [0.15, 0.2) is 0 Å². The predicted octanol–water partition coefficient (Wildman–Crippen LogP) is -0.235. The van der Waals surface area contributed by atoms with Gasteiger partial charge < -0.3 is 4.90 Å². The lowest BCUT2D eigenvalue weighted by atomic mass is 10.1. The Hall–Kier alpha value is -0.330. The minimum atomic E-state index is -3.20. The van der Waals surface area contributed by atoms with Crippen molar-refractivity contribution in [2.75, 3.05) is 25.2 Å². The first-order chi connectivity index (χ1) is 6.92. The first-order valence-electron chi connectivity index (χ1n) is 4.73.